The molecule has 22 heavy (non-hydrogen) atoms. The lowest BCUT2D eigenvalue weighted by Crippen LogP contribution is -2.34. The first-order valence-electron chi connectivity index (χ1n) is 6.56. The van der Waals surface area contributed by atoms with Gasteiger partial charge in [0.05, 0.1) is 11.1 Å². The number of aromatic nitrogens is 2. The molecule has 1 aliphatic rings. The first-order valence-corrected chi connectivity index (χ1v) is 6.56. The Morgan fingerprint density at radius 2 is 1.77 bits per heavy atom. The Labute approximate surface area is 124 Å². The highest BCUT2D eigenvalue weighted by Gasteiger charge is 2.35. The number of nitrogens with one attached hydrogen (secondary N) is 1. The van der Waals surface area contributed by atoms with Gasteiger partial charge in [0, 0.05) is 19.2 Å². The van der Waals surface area contributed by atoms with Gasteiger partial charge >= 0.3 is 0 Å². The van der Waals surface area contributed by atoms with Gasteiger partial charge in [-0.3, -0.25) is 19.2 Å². The van der Waals surface area contributed by atoms with Crippen molar-refractivity contribution in [1.82, 2.24) is 9.55 Å². The Kier molecular flexibility index (Phi) is 2.84. The topological polar surface area (TPSA) is 89.0 Å². The number of aromatic amines is 1. The number of ketones is 2. The number of H-pyrrole nitrogens is 1. The smallest absolute Gasteiger partial charge is 0.251 e. The first-order chi connectivity index (χ1) is 10.4. The molecular formula is C16H12N2O4. The van der Waals surface area contributed by atoms with Crippen LogP contribution in [0.5, 0.6) is 0 Å². The van der Waals surface area contributed by atoms with Crippen molar-refractivity contribution in [3.63, 3.8) is 0 Å². The maximum atomic E-state index is 12.8. The summed E-state index contributed by atoms with van der Waals surface area (Å²) in [6.07, 6.45) is 1.36. The highest BCUT2D eigenvalue weighted by atomic mass is 16.2. The van der Waals surface area contributed by atoms with Gasteiger partial charge in [0.25, 0.3) is 5.56 Å². The molecule has 0 saturated carbocycles. The molecule has 0 saturated heterocycles. The quantitative estimate of drug-likeness (QED) is 0.719. The molecule has 0 atom stereocenters. The van der Waals surface area contributed by atoms with E-state index in [9.17, 15) is 19.2 Å². The van der Waals surface area contributed by atoms with Crippen LogP contribution < -0.4 is 11.1 Å². The number of carbonyl (C=O) groups excluding carboxylic acids is 2. The molecule has 6 nitrogen and oxygen atoms in total. The zero-order valence-electron chi connectivity index (χ0n) is 12.0. The SMILES string of the molecule is C=Cc1cc(=O)[nH]c2c1C(=O)c1c(C)cc(=O)n(C)c1C2=O. The van der Waals surface area contributed by atoms with Crippen LogP contribution in [0.15, 0.2) is 28.3 Å². The van der Waals surface area contributed by atoms with E-state index in [4.69, 9.17) is 0 Å². The van der Waals surface area contributed by atoms with E-state index >= 15 is 0 Å². The summed E-state index contributed by atoms with van der Waals surface area (Å²) in [5, 5.41) is 0. The van der Waals surface area contributed by atoms with E-state index in [-0.39, 0.29) is 28.1 Å². The average Bonchev–Trinajstić information content (AvgIpc) is 2.47. The fourth-order valence-corrected chi connectivity index (χ4v) is 2.77. The van der Waals surface area contributed by atoms with Gasteiger partial charge in [-0.05, 0) is 18.1 Å². The summed E-state index contributed by atoms with van der Waals surface area (Å²) in [7, 11) is 1.42. The lowest BCUT2D eigenvalue weighted by atomic mass is 9.85. The highest BCUT2D eigenvalue weighted by molar-refractivity contribution is 6.28. The number of carbonyl (C=O) groups is 2. The third kappa shape index (κ3) is 1.67. The van der Waals surface area contributed by atoms with Crippen LogP contribution >= 0.6 is 0 Å². The van der Waals surface area contributed by atoms with Crippen molar-refractivity contribution in [2.24, 2.45) is 7.05 Å². The van der Waals surface area contributed by atoms with E-state index in [1.807, 2.05) is 0 Å². The van der Waals surface area contributed by atoms with Crippen molar-refractivity contribution < 1.29 is 9.59 Å². The van der Waals surface area contributed by atoms with Crippen LogP contribution in [-0.2, 0) is 7.05 Å². The van der Waals surface area contributed by atoms with Crippen molar-refractivity contribution in [2.75, 3.05) is 0 Å². The predicted molar refractivity (Wildman–Crippen MR) is 80.4 cm³/mol. The zero-order chi connectivity index (χ0) is 16.2. The molecule has 0 amide bonds. The Hall–Kier alpha value is -3.02. The lowest BCUT2D eigenvalue weighted by Gasteiger charge is -2.22. The van der Waals surface area contributed by atoms with Gasteiger partial charge in [-0.15, -0.1) is 0 Å². The third-order valence-electron chi connectivity index (χ3n) is 3.83. The van der Waals surface area contributed by atoms with E-state index in [0.29, 0.717) is 11.1 Å². The van der Waals surface area contributed by atoms with Crippen molar-refractivity contribution >= 4 is 17.6 Å². The molecule has 0 radical (unpaired) electrons. The molecule has 2 aromatic rings. The zero-order valence-corrected chi connectivity index (χ0v) is 12.0. The molecule has 0 aromatic carbocycles. The average molecular weight is 296 g/mol. The summed E-state index contributed by atoms with van der Waals surface area (Å²) >= 11 is 0. The Bertz CT molecular complexity index is 992. The molecule has 0 spiro atoms. The van der Waals surface area contributed by atoms with Crippen LogP contribution in [0, 0.1) is 6.92 Å². The number of fused-ring (bicyclic) bond motifs is 2. The van der Waals surface area contributed by atoms with E-state index < -0.39 is 17.1 Å². The number of nitrogens with zero attached hydrogens (tertiary/aromatic N) is 1. The molecule has 2 aromatic heterocycles. The van der Waals surface area contributed by atoms with Crippen LogP contribution in [-0.4, -0.2) is 21.1 Å². The molecule has 3 rings (SSSR count). The molecule has 6 heteroatoms. The second kappa shape index (κ2) is 4.49. The summed E-state index contributed by atoms with van der Waals surface area (Å²) in [5.41, 5.74) is 0.0572. The molecule has 0 aliphatic heterocycles. The summed E-state index contributed by atoms with van der Waals surface area (Å²) in [6.45, 7) is 5.19. The third-order valence-corrected chi connectivity index (χ3v) is 3.83. The molecule has 0 bridgehead atoms. The van der Waals surface area contributed by atoms with Gasteiger partial charge in [-0.2, -0.15) is 0 Å². The van der Waals surface area contributed by atoms with Gasteiger partial charge in [0.15, 0.2) is 5.78 Å². The van der Waals surface area contributed by atoms with Crippen molar-refractivity contribution in [3.05, 3.63) is 73.1 Å². The number of rotatable bonds is 1. The maximum Gasteiger partial charge on any atom is 0.251 e. The van der Waals surface area contributed by atoms with E-state index in [2.05, 4.69) is 11.6 Å². The number of hydrogen-bond acceptors (Lipinski definition) is 4. The highest BCUT2D eigenvalue weighted by Crippen LogP contribution is 2.28. The van der Waals surface area contributed by atoms with Gasteiger partial charge < -0.3 is 9.55 Å². The maximum absolute atomic E-state index is 12.8. The van der Waals surface area contributed by atoms with Gasteiger partial charge in [0.1, 0.15) is 11.4 Å². The van der Waals surface area contributed by atoms with Crippen molar-refractivity contribution in [1.29, 1.82) is 0 Å². The van der Waals surface area contributed by atoms with Gasteiger partial charge in [0.2, 0.25) is 11.3 Å². The predicted octanol–water partition coefficient (Wildman–Crippen LogP) is 0.800. The summed E-state index contributed by atoms with van der Waals surface area (Å²) in [4.78, 5) is 51.4. The minimum Gasteiger partial charge on any atom is -0.318 e. The standard InChI is InChI=1S/C16H12N2O4/c1-4-8-6-9(19)17-13-12(8)15(21)11-7(2)5-10(20)18(3)14(11)16(13)22/h4-6H,1H2,2-3H3,(H,17,19). The molecule has 0 unspecified atom stereocenters. The van der Waals surface area contributed by atoms with E-state index in [0.717, 1.165) is 4.57 Å². The normalized spacial score (nSPS) is 12.8. The van der Waals surface area contributed by atoms with Crippen LogP contribution in [0.4, 0.5) is 0 Å². The van der Waals surface area contributed by atoms with Crippen molar-refractivity contribution in [3.8, 4) is 0 Å². The van der Waals surface area contributed by atoms with E-state index in [1.165, 1.54) is 25.3 Å². The Morgan fingerprint density at radius 3 is 2.41 bits per heavy atom. The second-order valence-corrected chi connectivity index (χ2v) is 5.15. The number of pyridine rings is 2. The summed E-state index contributed by atoms with van der Waals surface area (Å²) in [6, 6.07) is 2.54. The lowest BCUT2D eigenvalue weighted by molar-refractivity contribution is 0.0966. The first kappa shape index (κ1) is 13.9. The molecule has 1 N–H and O–H groups in total. The van der Waals surface area contributed by atoms with Crippen molar-refractivity contribution in [2.45, 2.75) is 6.92 Å². The number of aryl methyl sites for hydroxylation is 1. The molecule has 110 valence electrons. The molecule has 1 aliphatic carbocycles. The monoisotopic (exact) mass is 296 g/mol. The fraction of sp³-hybridized carbons (Fsp3) is 0.125. The van der Waals surface area contributed by atoms with Crippen LogP contribution in [0.25, 0.3) is 6.08 Å². The molecule has 2 heterocycles. The summed E-state index contributed by atoms with van der Waals surface area (Å²) in [5.74, 6) is -0.947. The largest absolute Gasteiger partial charge is 0.318 e. The minimum absolute atomic E-state index is 0.000591. The fourth-order valence-electron chi connectivity index (χ4n) is 2.77. The van der Waals surface area contributed by atoms with E-state index in [1.54, 1.807) is 6.92 Å². The Morgan fingerprint density at radius 1 is 1.09 bits per heavy atom. The van der Waals surface area contributed by atoms with Gasteiger partial charge in [-0.25, -0.2) is 0 Å². The van der Waals surface area contributed by atoms with Crippen LogP contribution in [0.1, 0.15) is 43.2 Å². The minimum atomic E-state index is -0.547. The summed E-state index contributed by atoms with van der Waals surface area (Å²) < 4.78 is 1.13. The van der Waals surface area contributed by atoms with Crippen LogP contribution in [0.2, 0.25) is 0 Å². The number of hydrogen-bond donors (Lipinski definition) is 1. The van der Waals surface area contributed by atoms with Crippen LogP contribution in [0.3, 0.4) is 0 Å². The molecule has 0 fully saturated rings. The second-order valence-electron chi connectivity index (χ2n) is 5.15. The van der Waals surface area contributed by atoms with Gasteiger partial charge in [-0.1, -0.05) is 12.7 Å². The molecular weight excluding hydrogens is 284 g/mol. The Balaban J connectivity index is 2.51.